The van der Waals surface area contributed by atoms with E-state index < -0.39 is 6.09 Å². The average molecular weight is 411 g/mol. The molecule has 0 bridgehead atoms. The van der Waals surface area contributed by atoms with Crippen molar-refractivity contribution < 1.29 is 9.53 Å². The second-order valence-electron chi connectivity index (χ2n) is 6.75. The summed E-state index contributed by atoms with van der Waals surface area (Å²) in [6.45, 7) is 1.62. The van der Waals surface area contributed by atoms with Gasteiger partial charge >= 0.3 is 6.09 Å². The zero-order chi connectivity index (χ0) is 20.2. The molecular formula is C20H19ClN6O2. The molecule has 3 aromatic rings. The Bertz CT molecular complexity index is 1050. The van der Waals surface area contributed by atoms with Crippen LogP contribution in [0.4, 0.5) is 10.6 Å². The summed E-state index contributed by atoms with van der Waals surface area (Å²) in [4.78, 5) is 28.0. The first-order chi connectivity index (χ1) is 14.2. The molecule has 148 valence electrons. The number of rotatable bonds is 4. The zero-order valence-electron chi connectivity index (χ0n) is 15.6. The number of hydrogen-bond donors (Lipinski definition) is 1. The normalized spacial score (nSPS) is 16.6. The molecule has 1 fully saturated rings. The molecular weight excluding hydrogens is 392 g/mol. The van der Waals surface area contributed by atoms with E-state index in [-0.39, 0.29) is 24.4 Å². The molecule has 1 atom stereocenters. The number of nitrogens with one attached hydrogen (secondary N) is 1. The second-order valence-corrected chi connectivity index (χ2v) is 7.09. The average Bonchev–Trinajstić information content (AvgIpc) is 3.21. The van der Waals surface area contributed by atoms with Gasteiger partial charge in [0.2, 0.25) is 5.28 Å². The first kappa shape index (κ1) is 19.0. The highest BCUT2D eigenvalue weighted by Gasteiger charge is 2.33. The van der Waals surface area contributed by atoms with Crippen LogP contribution in [-0.4, -0.2) is 51.6 Å². The quantitative estimate of drug-likeness (QED) is 0.662. The Hall–Kier alpha value is -3.31. The van der Waals surface area contributed by atoms with Gasteiger partial charge in [0, 0.05) is 25.8 Å². The maximum absolute atomic E-state index is 12.6. The minimum absolute atomic E-state index is 0.161. The van der Waals surface area contributed by atoms with Crippen LogP contribution in [0.2, 0.25) is 5.28 Å². The van der Waals surface area contributed by atoms with E-state index in [1.165, 1.54) is 0 Å². The van der Waals surface area contributed by atoms with Gasteiger partial charge in [-0.15, -0.1) is 0 Å². The van der Waals surface area contributed by atoms with Gasteiger partial charge in [0.1, 0.15) is 12.1 Å². The summed E-state index contributed by atoms with van der Waals surface area (Å²) < 4.78 is 5.47. The number of aromatic nitrogens is 3. The molecule has 29 heavy (non-hydrogen) atoms. The van der Waals surface area contributed by atoms with E-state index in [9.17, 15) is 10.1 Å². The van der Waals surface area contributed by atoms with Gasteiger partial charge in [-0.25, -0.2) is 9.78 Å². The van der Waals surface area contributed by atoms with E-state index in [4.69, 9.17) is 16.3 Å². The topological polar surface area (TPSA) is 98.1 Å². The van der Waals surface area contributed by atoms with Crippen LogP contribution in [-0.2, 0) is 11.3 Å². The third-order valence-corrected chi connectivity index (χ3v) is 5.08. The maximum atomic E-state index is 12.6. The number of carbonyl (C=O) groups is 1. The molecule has 0 aliphatic carbocycles. The molecule has 0 saturated carbocycles. The lowest BCUT2D eigenvalue weighted by Crippen LogP contribution is -2.55. The lowest BCUT2D eigenvalue weighted by molar-refractivity contribution is 0.0768. The molecule has 8 nitrogen and oxygen atoms in total. The standard InChI is InChI=1S/C20H19ClN6O2/c21-19-24-16-7-9-23-17(16)18(25-19)26-10-11-27(15(12-26)6-8-22)20(28)29-13-14-4-2-1-3-5-14/h1-5,7,9,15,23H,6,10-13H2/t15-/m0/s1. The van der Waals surface area contributed by atoms with Crippen molar-refractivity contribution in [1.82, 2.24) is 19.9 Å². The van der Waals surface area contributed by atoms with Crippen LogP contribution in [0.5, 0.6) is 0 Å². The van der Waals surface area contributed by atoms with Crippen LogP contribution in [0, 0.1) is 11.3 Å². The van der Waals surface area contributed by atoms with Gasteiger partial charge in [0.15, 0.2) is 5.82 Å². The van der Waals surface area contributed by atoms with E-state index >= 15 is 0 Å². The first-order valence-corrected chi connectivity index (χ1v) is 9.63. The number of hydrogen-bond acceptors (Lipinski definition) is 6. The van der Waals surface area contributed by atoms with Gasteiger partial charge in [0.25, 0.3) is 0 Å². The second kappa shape index (κ2) is 8.37. The zero-order valence-corrected chi connectivity index (χ0v) is 16.3. The van der Waals surface area contributed by atoms with Gasteiger partial charge in [0.05, 0.1) is 24.0 Å². The Morgan fingerprint density at radius 2 is 2.10 bits per heavy atom. The fourth-order valence-electron chi connectivity index (χ4n) is 3.50. The molecule has 1 amide bonds. The Labute approximate surface area is 172 Å². The van der Waals surface area contributed by atoms with Crippen LogP contribution >= 0.6 is 11.6 Å². The van der Waals surface area contributed by atoms with Crippen molar-refractivity contribution in [2.24, 2.45) is 0 Å². The number of nitrogens with zero attached hydrogens (tertiary/aromatic N) is 5. The number of benzene rings is 1. The number of carbonyl (C=O) groups excluding carboxylic acids is 1. The van der Waals surface area contributed by atoms with Crippen LogP contribution in [0.1, 0.15) is 12.0 Å². The number of halogens is 1. The summed E-state index contributed by atoms with van der Waals surface area (Å²) in [5.41, 5.74) is 2.42. The first-order valence-electron chi connectivity index (χ1n) is 9.25. The maximum Gasteiger partial charge on any atom is 0.410 e. The molecule has 1 aliphatic heterocycles. The Kier molecular flexibility index (Phi) is 5.49. The van der Waals surface area contributed by atoms with Crippen molar-refractivity contribution in [2.75, 3.05) is 24.5 Å². The lowest BCUT2D eigenvalue weighted by atomic mass is 10.1. The van der Waals surface area contributed by atoms with E-state index in [1.807, 2.05) is 41.3 Å². The highest BCUT2D eigenvalue weighted by atomic mass is 35.5. The third-order valence-electron chi connectivity index (χ3n) is 4.91. The van der Waals surface area contributed by atoms with Gasteiger partial charge in [-0.2, -0.15) is 10.2 Å². The highest BCUT2D eigenvalue weighted by molar-refractivity contribution is 6.28. The summed E-state index contributed by atoms with van der Waals surface area (Å²) in [6, 6.07) is 13.2. The minimum Gasteiger partial charge on any atom is -0.445 e. The molecule has 0 radical (unpaired) electrons. The fourth-order valence-corrected chi connectivity index (χ4v) is 3.67. The fraction of sp³-hybridized carbons (Fsp3) is 0.300. The number of nitriles is 1. The number of amides is 1. The molecule has 1 N–H and O–H groups in total. The van der Waals surface area contributed by atoms with Crippen LogP contribution in [0.15, 0.2) is 42.6 Å². The molecule has 2 aromatic heterocycles. The van der Waals surface area contributed by atoms with E-state index in [0.29, 0.717) is 25.5 Å². The summed E-state index contributed by atoms with van der Waals surface area (Å²) >= 11 is 6.08. The number of aromatic amines is 1. The van der Waals surface area contributed by atoms with Crippen molar-refractivity contribution in [1.29, 1.82) is 5.26 Å². The van der Waals surface area contributed by atoms with Crippen molar-refractivity contribution >= 4 is 34.5 Å². The number of fused-ring (bicyclic) bond motifs is 1. The van der Waals surface area contributed by atoms with Crippen LogP contribution in [0.3, 0.4) is 0 Å². The predicted molar refractivity (Wildman–Crippen MR) is 108 cm³/mol. The van der Waals surface area contributed by atoms with Crippen molar-refractivity contribution in [3.8, 4) is 6.07 Å². The van der Waals surface area contributed by atoms with Crippen molar-refractivity contribution in [3.05, 3.63) is 53.4 Å². The van der Waals surface area contributed by atoms with E-state index in [2.05, 4.69) is 21.0 Å². The Morgan fingerprint density at radius 1 is 1.28 bits per heavy atom. The summed E-state index contributed by atoms with van der Waals surface area (Å²) in [7, 11) is 0. The van der Waals surface area contributed by atoms with Gasteiger partial charge in [-0.1, -0.05) is 30.3 Å². The number of ether oxygens (including phenoxy) is 1. The van der Waals surface area contributed by atoms with Crippen LogP contribution in [0.25, 0.3) is 11.0 Å². The van der Waals surface area contributed by atoms with E-state index in [0.717, 1.165) is 16.6 Å². The molecule has 0 spiro atoms. The Morgan fingerprint density at radius 3 is 2.90 bits per heavy atom. The SMILES string of the molecule is N#CC[C@H]1CN(c2nc(Cl)nc3cc[nH]c23)CCN1C(=O)OCc1ccccc1. The molecule has 1 saturated heterocycles. The molecule has 1 aliphatic rings. The summed E-state index contributed by atoms with van der Waals surface area (Å²) in [5, 5.41) is 9.43. The smallest absolute Gasteiger partial charge is 0.410 e. The molecule has 9 heteroatoms. The van der Waals surface area contributed by atoms with Crippen molar-refractivity contribution in [3.63, 3.8) is 0 Å². The molecule has 4 rings (SSSR count). The molecule has 1 aromatic carbocycles. The van der Waals surface area contributed by atoms with Gasteiger partial charge < -0.3 is 19.5 Å². The monoisotopic (exact) mass is 410 g/mol. The van der Waals surface area contributed by atoms with Crippen LogP contribution < -0.4 is 4.90 Å². The number of piperazine rings is 1. The third kappa shape index (κ3) is 4.10. The number of anilines is 1. The minimum atomic E-state index is -0.417. The molecule has 0 unspecified atom stereocenters. The van der Waals surface area contributed by atoms with Crippen molar-refractivity contribution in [2.45, 2.75) is 19.1 Å². The lowest BCUT2D eigenvalue weighted by Gasteiger charge is -2.40. The van der Waals surface area contributed by atoms with E-state index in [1.54, 1.807) is 11.1 Å². The number of H-pyrrole nitrogens is 1. The highest BCUT2D eigenvalue weighted by Crippen LogP contribution is 2.27. The van der Waals surface area contributed by atoms with Gasteiger partial charge in [-0.3, -0.25) is 0 Å². The predicted octanol–water partition coefficient (Wildman–Crippen LogP) is 3.35. The summed E-state index contributed by atoms with van der Waals surface area (Å²) in [6.07, 6.45) is 1.56. The largest absolute Gasteiger partial charge is 0.445 e. The molecule has 3 heterocycles. The summed E-state index contributed by atoms with van der Waals surface area (Å²) in [5.74, 6) is 0.672. The Balaban J connectivity index is 1.49. The van der Waals surface area contributed by atoms with Gasteiger partial charge in [-0.05, 0) is 23.2 Å².